The van der Waals surface area contributed by atoms with Gasteiger partial charge in [0.2, 0.25) is 0 Å². The summed E-state index contributed by atoms with van der Waals surface area (Å²) in [7, 11) is 0. The first-order chi connectivity index (χ1) is 9.77. The van der Waals surface area contributed by atoms with E-state index < -0.39 is 5.97 Å². The standard InChI is InChI=1S/C15H16ClNO2S2/c1-15(2,3)12-7-21-13(17-12)8-20-9-4-5-11(16)10(6-9)14(18)19/h4-7H,8H2,1-3H3,(H,18,19). The largest absolute Gasteiger partial charge is 0.478 e. The van der Waals surface area contributed by atoms with Crippen molar-refractivity contribution >= 4 is 40.7 Å². The molecule has 21 heavy (non-hydrogen) atoms. The molecule has 0 fully saturated rings. The molecule has 0 spiro atoms. The van der Waals surface area contributed by atoms with Gasteiger partial charge in [0.05, 0.1) is 22.0 Å². The predicted molar refractivity (Wildman–Crippen MR) is 88.8 cm³/mol. The molecule has 0 bridgehead atoms. The number of hydrogen-bond donors (Lipinski definition) is 1. The van der Waals surface area contributed by atoms with E-state index in [1.165, 1.54) is 0 Å². The van der Waals surface area contributed by atoms with Gasteiger partial charge in [-0.05, 0) is 18.2 Å². The van der Waals surface area contributed by atoms with Crippen molar-refractivity contribution in [2.45, 2.75) is 36.8 Å². The van der Waals surface area contributed by atoms with Gasteiger partial charge in [0.15, 0.2) is 0 Å². The Hall–Kier alpha value is -1.04. The summed E-state index contributed by atoms with van der Waals surface area (Å²) in [6, 6.07) is 5.06. The lowest BCUT2D eigenvalue weighted by Gasteiger charge is -2.14. The molecule has 1 aromatic carbocycles. The molecule has 3 nitrogen and oxygen atoms in total. The Morgan fingerprint density at radius 2 is 2.14 bits per heavy atom. The summed E-state index contributed by atoms with van der Waals surface area (Å²) in [6.07, 6.45) is 0. The van der Waals surface area contributed by atoms with Crippen molar-refractivity contribution in [3.05, 3.63) is 44.9 Å². The van der Waals surface area contributed by atoms with Crippen LogP contribution in [0.4, 0.5) is 0 Å². The molecule has 0 radical (unpaired) electrons. The van der Waals surface area contributed by atoms with Crippen molar-refractivity contribution in [3.63, 3.8) is 0 Å². The Kier molecular flexibility index (Phi) is 4.96. The highest BCUT2D eigenvalue weighted by atomic mass is 35.5. The Balaban J connectivity index is 2.08. The van der Waals surface area contributed by atoms with Crippen molar-refractivity contribution in [1.82, 2.24) is 4.98 Å². The van der Waals surface area contributed by atoms with Gasteiger partial charge >= 0.3 is 5.97 Å². The smallest absolute Gasteiger partial charge is 0.337 e. The number of thiazole rings is 1. The number of hydrogen-bond acceptors (Lipinski definition) is 4. The fourth-order valence-corrected chi connectivity index (χ4v) is 3.80. The fraction of sp³-hybridized carbons (Fsp3) is 0.333. The first-order valence-corrected chi connectivity index (χ1v) is 8.62. The normalized spacial score (nSPS) is 11.6. The van der Waals surface area contributed by atoms with Gasteiger partial charge in [-0.2, -0.15) is 0 Å². The number of halogens is 1. The van der Waals surface area contributed by atoms with E-state index in [2.05, 4.69) is 31.1 Å². The van der Waals surface area contributed by atoms with E-state index in [-0.39, 0.29) is 16.0 Å². The average Bonchev–Trinajstić information content (AvgIpc) is 2.86. The van der Waals surface area contributed by atoms with Crippen LogP contribution in [0.5, 0.6) is 0 Å². The molecule has 0 amide bonds. The van der Waals surface area contributed by atoms with Gasteiger partial charge in [0.25, 0.3) is 0 Å². The highest BCUT2D eigenvalue weighted by Crippen LogP contribution is 2.30. The van der Waals surface area contributed by atoms with Gasteiger partial charge in [0.1, 0.15) is 5.01 Å². The molecule has 112 valence electrons. The van der Waals surface area contributed by atoms with Crippen molar-refractivity contribution < 1.29 is 9.90 Å². The highest BCUT2D eigenvalue weighted by molar-refractivity contribution is 7.98. The van der Waals surface area contributed by atoms with Gasteiger partial charge in [-0.25, -0.2) is 9.78 Å². The quantitative estimate of drug-likeness (QED) is 0.787. The summed E-state index contributed by atoms with van der Waals surface area (Å²) >= 11 is 9.06. The van der Waals surface area contributed by atoms with Crippen molar-refractivity contribution in [2.24, 2.45) is 0 Å². The summed E-state index contributed by atoms with van der Waals surface area (Å²) in [5.41, 5.74) is 1.28. The highest BCUT2D eigenvalue weighted by Gasteiger charge is 2.17. The molecule has 0 atom stereocenters. The summed E-state index contributed by atoms with van der Waals surface area (Å²) in [5, 5.41) is 12.4. The number of nitrogens with zero attached hydrogens (tertiary/aromatic N) is 1. The first-order valence-electron chi connectivity index (χ1n) is 6.38. The van der Waals surface area contributed by atoms with Crippen LogP contribution in [0.2, 0.25) is 5.02 Å². The molecule has 0 unspecified atom stereocenters. The van der Waals surface area contributed by atoms with Crippen LogP contribution in [0.25, 0.3) is 0 Å². The van der Waals surface area contributed by atoms with Crippen LogP contribution in [-0.2, 0) is 11.2 Å². The van der Waals surface area contributed by atoms with E-state index in [0.717, 1.165) is 21.3 Å². The van der Waals surface area contributed by atoms with Crippen LogP contribution in [0, 0.1) is 0 Å². The number of benzene rings is 1. The molecule has 0 aliphatic rings. The fourth-order valence-electron chi connectivity index (χ4n) is 1.62. The maximum atomic E-state index is 11.1. The minimum Gasteiger partial charge on any atom is -0.478 e. The Morgan fingerprint density at radius 3 is 2.71 bits per heavy atom. The van der Waals surface area contributed by atoms with E-state index in [9.17, 15) is 4.79 Å². The van der Waals surface area contributed by atoms with Gasteiger partial charge in [-0.3, -0.25) is 0 Å². The van der Waals surface area contributed by atoms with Crippen LogP contribution >= 0.6 is 34.7 Å². The number of rotatable bonds is 4. The number of carboxylic acid groups (broad SMARTS) is 1. The molecule has 1 aromatic heterocycles. The summed E-state index contributed by atoms with van der Waals surface area (Å²) in [5.74, 6) is -0.284. The second-order valence-electron chi connectivity index (χ2n) is 5.61. The molecule has 6 heteroatoms. The predicted octanol–water partition coefficient (Wildman–Crippen LogP) is 5.08. The lowest BCUT2D eigenvalue weighted by atomic mass is 9.93. The summed E-state index contributed by atoms with van der Waals surface area (Å²) in [4.78, 5) is 16.6. The first kappa shape index (κ1) is 16.3. The van der Waals surface area contributed by atoms with E-state index in [4.69, 9.17) is 16.7 Å². The van der Waals surface area contributed by atoms with Crippen molar-refractivity contribution in [2.75, 3.05) is 0 Å². The van der Waals surface area contributed by atoms with Crippen molar-refractivity contribution in [3.8, 4) is 0 Å². The lowest BCUT2D eigenvalue weighted by Crippen LogP contribution is -2.11. The van der Waals surface area contributed by atoms with Crippen LogP contribution in [0.1, 0.15) is 41.8 Å². The minimum atomic E-state index is -1.01. The molecule has 0 saturated carbocycles. The summed E-state index contributed by atoms with van der Waals surface area (Å²) in [6.45, 7) is 6.41. The zero-order valence-electron chi connectivity index (χ0n) is 12.0. The minimum absolute atomic E-state index is 0.0518. The molecule has 2 rings (SSSR count). The Morgan fingerprint density at radius 1 is 1.43 bits per heavy atom. The third kappa shape index (κ3) is 4.22. The summed E-state index contributed by atoms with van der Waals surface area (Å²) < 4.78 is 0. The zero-order valence-corrected chi connectivity index (χ0v) is 14.4. The van der Waals surface area contributed by atoms with Gasteiger partial charge in [-0.1, -0.05) is 32.4 Å². The average molecular weight is 342 g/mol. The molecule has 2 aromatic rings. The maximum Gasteiger partial charge on any atom is 0.337 e. The van der Waals surface area contributed by atoms with Crippen molar-refractivity contribution in [1.29, 1.82) is 0 Å². The molecule has 1 heterocycles. The molecule has 0 aliphatic heterocycles. The molecule has 1 N–H and O–H groups in total. The number of thioether (sulfide) groups is 1. The lowest BCUT2D eigenvalue weighted by molar-refractivity contribution is 0.0697. The van der Waals surface area contributed by atoms with Crippen LogP contribution in [0.3, 0.4) is 0 Å². The molecule has 0 saturated heterocycles. The van der Waals surface area contributed by atoms with Gasteiger partial charge < -0.3 is 5.11 Å². The number of carboxylic acids is 1. The van der Waals surface area contributed by atoms with E-state index >= 15 is 0 Å². The molecular weight excluding hydrogens is 326 g/mol. The van der Waals surface area contributed by atoms with Gasteiger partial charge in [-0.15, -0.1) is 23.1 Å². The number of carbonyl (C=O) groups is 1. The SMILES string of the molecule is CC(C)(C)c1csc(CSc2ccc(Cl)c(C(=O)O)c2)n1. The Labute approximate surface area is 137 Å². The zero-order chi connectivity index (χ0) is 15.6. The number of aromatic carboxylic acids is 1. The van der Waals surface area contributed by atoms with E-state index in [0.29, 0.717) is 0 Å². The molecule has 0 aliphatic carbocycles. The third-order valence-corrected chi connectivity index (χ3v) is 5.22. The molecular formula is C15H16ClNO2S2. The topological polar surface area (TPSA) is 50.2 Å². The van der Waals surface area contributed by atoms with E-state index in [1.54, 1.807) is 35.2 Å². The van der Waals surface area contributed by atoms with Crippen LogP contribution in [-0.4, -0.2) is 16.1 Å². The second-order valence-corrected chi connectivity index (χ2v) is 8.01. The second kappa shape index (κ2) is 6.38. The van der Waals surface area contributed by atoms with Crippen LogP contribution in [0.15, 0.2) is 28.5 Å². The Bertz CT molecular complexity index is 662. The number of aromatic nitrogens is 1. The van der Waals surface area contributed by atoms with Crippen LogP contribution < -0.4 is 0 Å². The third-order valence-electron chi connectivity index (χ3n) is 2.85. The van der Waals surface area contributed by atoms with Gasteiger partial charge in [0, 0.05) is 15.7 Å². The monoisotopic (exact) mass is 341 g/mol. The van der Waals surface area contributed by atoms with E-state index in [1.807, 2.05) is 6.07 Å². The maximum absolute atomic E-state index is 11.1.